The lowest BCUT2D eigenvalue weighted by molar-refractivity contribution is 0.0691. The van der Waals surface area contributed by atoms with Gasteiger partial charge in [0, 0.05) is 13.2 Å². The van der Waals surface area contributed by atoms with Crippen LogP contribution < -0.4 is 5.73 Å². The number of hydrogen-bond donors (Lipinski definition) is 2. The van der Waals surface area contributed by atoms with Crippen LogP contribution in [-0.2, 0) is 13.6 Å². The largest absolute Gasteiger partial charge is 0.476 e. The molecule has 1 aromatic rings. The van der Waals surface area contributed by atoms with E-state index in [1.807, 2.05) is 0 Å². The molecule has 1 aromatic heterocycles. The molecule has 5 nitrogen and oxygen atoms in total. The van der Waals surface area contributed by atoms with Crippen LogP contribution in [0.4, 0.5) is 0 Å². The number of aryl methyl sites for hydroxylation is 1. The van der Waals surface area contributed by atoms with Crippen molar-refractivity contribution in [2.75, 3.05) is 0 Å². The smallest absolute Gasteiger partial charge is 0.356 e. The summed E-state index contributed by atoms with van der Waals surface area (Å²) < 4.78 is 1.60. The second-order valence-corrected chi connectivity index (χ2v) is 2.16. The lowest BCUT2D eigenvalue weighted by Gasteiger charge is -1.92. The first-order chi connectivity index (χ1) is 5.15. The van der Waals surface area contributed by atoms with Crippen molar-refractivity contribution < 1.29 is 9.90 Å². The maximum Gasteiger partial charge on any atom is 0.356 e. The number of aromatic carboxylic acids is 1. The normalized spacial score (nSPS) is 8.46. The van der Waals surface area contributed by atoms with Gasteiger partial charge in [-0.25, -0.2) is 9.78 Å². The quantitative estimate of drug-likeness (QED) is 0.768. The zero-order valence-corrected chi connectivity index (χ0v) is 8.56. The number of halogens is 2. The molecule has 0 unspecified atom stereocenters. The Kier molecular flexibility index (Phi) is 6.57. The maximum atomic E-state index is 10.4. The molecule has 0 atom stereocenters. The fourth-order valence-corrected chi connectivity index (χ4v) is 0.797. The minimum atomic E-state index is -1.03. The number of imidazole rings is 1. The third-order valence-corrected chi connectivity index (χ3v) is 1.37. The Bertz CT molecular complexity index is 287. The molecule has 0 aliphatic carbocycles. The van der Waals surface area contributed by atoms with Crippen LogP contribution in [0.5, 0.6) is 0 Å². The molecule has 0 spiro atoms. The summed E-state index contributed by atoms with van der Waals surface area (Å²) in [7, 11) is 1.71. The average molecular weight is 228 g/mol. The second-order valence-electron chi connectivity index (χ2n) is 2.16. The maximum absolute atomic E-state index is 10.4. The zero-order chi connectivity index (χ0) is 8.43. The predicted octanol–water partition coefficient (Wildman–Crippen LogP) is 0.421. The Labute approximate surface area is 87.8 Å². The summed E-state index contributed by atoms with van der Waals surface area (Å²) in [6.07, 6.45) is 1.44. The minimum Gasteiger partial charge on any atom is -0.476 e. The van der Waals surface area contributed by atoms with E-state index in [0.717, 1.165) is 0 Å². The Morgan fingerprint density at radius 2 is 2.23 bits per heavy atom. The number of carbonyl (C=O) groups is 1. The molecule has 3 N–H and O–H groups in total. The number of nitrogens with zero attached hydrogens (tertiary/aromatic N) is 2. The summed E-state index contributed by atoms with van der Waals surface area (Å²) in [6, 6.07) is 0. The summed E-state index contributed by atoms with van der Waals surface area (Å²) in [6.45, 7) is 0.254. The van der Waals surface area contributed by atoms with E-state index in [2.05, 4.69) is 4.98 Å². The van der Waals surface area contributed by atoms with E-state index in [1.54, 1.807) is 11.6 Å². The van der Waals surface area contributed by atoms with Crippen molar-refractivity contribution in [1.82, 2.24) is 9.55 Å². The van der Waals surface area contributed by atoms with Crippen LogP contribution in [0.2, 0.25) is 0 Å². The molecule has 0 aliphatic heterocycles. The summed E-state index contributed by atoms with van der Waals surface area (Å²) >= 11 is 0. The van der Waals surface area contributed by atoms with Crippen molar-refractivity contribution >= 4 is 30.8 Å². The van der Waals surface area contributed by atoms with Gasteiger partial charge in [-0.3, -0.25) is 0 Å². The average Bonchev–Trinajstić information content (AvgIpc) is 2.31. The molecule has 0 fully saturated rings. The molecule has 1 rings (SSSR count). The summed E-state index contributed by atoms with van der Waals surface area (Å²) in [5.74, 6) is -0.456. The molecule has 0 amide bonds. The predicted molar refractivity (Wildman–Crippen MR) is 52.6 cm³/mol. The van der Waals surface area contributed by atoms with Crippen LogP contribution in [0.1, 0.15) is 16.3 Å². The van der Waals surface area contributed by atoms with Crippen LogP contribution in [0.3, 0.4) is 0 Å². The van der Waals surface area contributed by atoms with Gasteiger partial charge < -0.3 is 15.4 Å². The van der Waals surface area contributed by atoms with Gasteiger partial charge in [0.05, 0.1) is 6.54 Å². The van der Waals surface area contributed by atoms with E-state index in [1.165, 1.54) is 6.20 Å². The van der Waals surface area contributed by atoms with Crippen molar-refractivity contribution in [2.45, 2.75) is 6.54 Å². The second kappa shape index (κ2) is 5.80. The highest BCUT2D eigenvalue weighted by atomic mass is 35.5. The first-order valence-corrected chi connectivity index (χ1v) is 3.10. The number of carboxylic acids is 1. The van der Waals surface area contributed by atoms with Crippen molar-refractivity contribution in [3.8, 4) is 0 Å². The molecule has 1 heterocycles. The van der Waals surface area contributed by atoms with Gasteiger partial charge in [0.15, 0.2) is 5.69 Å². The van der Waals surface area contributed by atoms with Crippen molar-refractivity contribution in [1.29, 1.82) is 0 Å². The SMILES string of the molecule is Cl.Cl.Cn1cc(C(=O)O)nc1CN. The topological polar surface area (TPSA) is 81.1 Å². The van der Waals surface area contributed by atoms with Gasteiger partial charge in [0.2, 0.25) is 0 Å². The first kappa shape index (κ1) is 14.7. The highest BCUT2D eigenvalue weighted by Crippen LogP contribution is 1.99. The van der Waals surface area contributed by atoms with Gasteiger partial charge in [-0.15, -0.1) is 24.8 Å². The van der Waals surface area contributed by atoms with Crippen LogP contribution in [0.25, 0.3) is 0 Å². The Morgan fingerprint density at radius 3 is 2.46 bits per heavy atom. The van der Waals surface area contributed by atoms with E-state index in [9.17, 15) is 4.79 Å². The molecular formula is C6H11Cl2N3O2. The molecular weight excluding hydrogens is 217 g/mol. The Hall–Kier alpha value is -0.780. The minimum absolute atomic E-state index is 0. The van der Waals surface area contributed by atoms with Crippen molar-refractivity contribution in [3.63, 3.8) is 0 Å². The first-order valence-electron chi connectivity index (χ1n) is 3.10. The molecule has 76 valence electrons. The fraction of sp³-hybridized carbons (Fsp3) is 0.333. The molecule has 13 heavy (non-hydrogen) atoms. The molecule has 0 aromatic carbocycles. The zero-order valence-electron chi connectivity index (χ0n) is 6.93. The number of nitrogens with two attached hydrogens (primary N) is 1. The number of carboxylic acid groups (broad SMARTS) is 1. The van der Waals surface area contributed by atoms with Crippen LogP contribution >= 0.6 is 24.8 Å². The molecule has 0 radical (unpaired) electrons. The highest BCUT2D eigenvalue weighted by Gasteiger charge is 2.08. The number of hydrogen-bond acceptors (Lipinski definition) is 3. The number of rotatable bonds is 2. The van der Waals surface area contributed by atoms with Gasteiger partial charge >= 0.3 is 5.97 Å². The number of aromatic nitrogens is 2. The van der Waals surface area contributed by atoms with Gasteiger partial charge in [0.1, 0.15) is 5.82 Å². The van der Waals surface area contributed by atoms with Crippen LogP contribution in [0, 0.1) is 0 Å². The fourth-order valence-electron chi connectivity index (χ4n) is 0.797. The van der Waals surface area contributed by atoms with E-state index in [0.29, 0.717) is 5.82 Å². The summed E-state index contributed by atoms with van der Waals surface area (Å²) in [5.41, 5.74) is 5.32. The third kappa shape index (κ3) is 3.22. The van der Waals surface area contributed by atoms with Gasteiger partial charge in [0.25, 0.3) is 0 Å². The summed E-state index contributed by atoms with van der Waals surface area (Å²) in [4.78, 5) is 14.1. The van der Waals surface area contributed by atoms with Gasteiger partial charge in [-0.05, 0) is 0 Å². The van der Waals surface area contributed by atoms with E-state index >= 15 is 0 Å². The van der Waals surface area contributed by atoms with E-state index in [-0.39, 0.29) is 37.1 Å². The third-order valence-electron chi connectivity index (χ3n) is 1.37. The highest BCUT2D eigenvalue weighted by molar-refractivity contribution is 5.85. The van der Waals surface area contributed by atoms with Crippen molar-refractivity contribution in [2.24, 2.45) is 12.8 Å². The van der Waals surface area contributed by atoms with Crippen molar-refractivity contribution in [3.05, 3.63) is 17.7 Å². The lowest BCUT2D eigenvalue weighted by Crippen LogP contribution is -2.04. The lowest BCUT2D eigenvalue weighted by atomic mass is 10.5. The molecule has 0 saturated carbocycles. The van der Waals surface area contributed by atoms with E-state index in [4.69, 9.17) is 10.8 Å². The standard InChI is InChI=1S/C6H9N3O2.2ClH/c1-9-3-4(6(10)11)8-5(9)2-7;;/h3H,2,7H2,1H3,(H,10,11);2*1H. The van der Waals surface area contributed by atoms with E-state index < -0.39 is 5.97 Å². The van der Waals surface area contributed by atoms with Crippen LogP contribution in [-0.4, -0.2) is 20.6 Å². The molecule has 0 saturated heterocycles. The van der Waals surface area contributed by atoms with Gasteiger partial charge in [-0.2, -0.15) is 0 Å². The molecule has 0 bridgehead atoms. The van der Waals surface area contributed by atoms with Gasteiger partial charge in [-0.1, -0.05) is 0 Å². The van der Waals surface area contributed by atoms with Crippen LogP contribution in [0.15, 0.2) is 6.20 Å². The Balaban J connectivity index is 0. The molecule has 0 aliphatic rings. The monoisotopic (exact) mass is 227 g/mol. The Morgan fingerprint density at radius 1 is 1.69 bits per heavy atom. The molecule has 7 heteroatoms. The summed E-state index contributed by atoms with van der Waals surface area (Å²) in [5, 5.41) is 8.50.